The first-order valence-electron chi connectivity index (χ1n) is 13.7. The monoisotopic (exact) mass is 602 g/mol. The van der Waals surface area contributed by atoms with Gasteiger partial charge in [0, 0.05) is 30.3 Å². The Morgan fingerprint density at radius 3 is 2.35 bits per heavy atom. The van der Waals surface area contributed by atoms with E-state index in [1.807, 2.05) is 72.8 Å². The summed E-state index contributed by atoms with van der Waals surface area (Å²) in [6.45, 7) is 0.504. The van der Waals surface area contributed by atoms with Gasteiger partial charge in [-0.25, -0.2) is 4.68 Å². The van der Waals surface area contributed by atoms with Gasteiger partial charge < -0.3 is 24.3 Å². The van der Waals surface area contributed by atoms with Crippen molar-refractivity contribution < 1.29 is 28.5 Å². The molecule has 0 bridgehead atoms. The number of rotatable bonds is 11. The number of nitrogens with zero attached hydrogens (tertiary/aromatic N) is 3. The first kappa shape index (κ1) is 30.0. The Labute approximate surface area is 254 Å². The van der Waals surface area contributed by atoms with Gasteiger partial charge in [-0.15, -0.1) is 11.8 Å². The van der Waals surface area contributed by atoms with E-state index in [0.29, 0.717) is 47.6 Å². The summed E-state index contributed by atoms with van der Waals surface area (Å²) >= 11 is 1.46. The van der Waals surface area contributed by atoms with Crippen LogP contribution in [0.1, 0.15) is 16.4 Å². The van der Waals surface area contributed by atoms with Crippen LogP contribution in [0.5, 0.6) is 17.2 Å². The summed E-state index contributed by atoms with van der Waals surface area (Å²) in [5.41, 5.74) is 3.89. The molecule has 0 saturated heterocycles. The zero-order chi connectivity index (χ0) is 30.3. The minimum absolute atomic E-state index is 0.127. The molecular formula is C32H34N4O6S. The quantitative estimate of drug-likeness (QED) is 0.251. The largest absolute Gasteiger partial charge is 0.497 e. The van der Waals surface area contributed by atoms with Crippen molar-refractivity contribution in [3.63, 3.8) is 0 Å². The maximum absolute atomic E-state index is 13.9. The van der Waals surface area contributed by atoms with E-state index in [-0.39, 0.29) is 29.4 Å². The van der Waals surface area contributed by atoms with Gasteiger partial charge in [-0.3, -0.25) is 14.5 Å². The second kappa shape index (κ2) is 13.7. The molecule has 1 N–H and O–H groups in total. The fourth-order valence-electron chi connectivity index (χ4n) is 5.01. The van der Waals surface area contributed by atoms with Crippen LogP contribution in [0.2, 0.25) is 0 Å². The molecule has 43 heavy (non-hydrogen) atoms. The number of hydrogen-bond acceptors (Lipinski definition) is 8. The van der Waals surface area contributed by atoms with E-state index < -0.39 is 0 Å². The molecule has 3 aromatic carbocycles. The van der Waals surface area contributed by atoms with Crippen molar-refractivity contribution in [2.45, 2.75) is 5.25 Å². The SMILES string of the molecule is COCCNC(=O)CN1C(=O)CS[C@H](c2cc(OC)ccc2OC)c2c(-c3ccccc3)nn(-c3ccc(OC)cc3)c21. The maximum atomic E-state index is 13.9. The standard InChI is InChI=1S/C32H34N4O6S/c1-39-17-16-33-27(37)19-35-28(38)20-43-31(25-18-24(41-3)14-15-26(25)42-4)29-30(21-8-6-5-7-9-21)34-36(32(29)35)22-10-12-23(40-2)13-11-22/h5-15,18,31H,16-17,19-20H2,1-4H3,(H,33,37)/t31-/m1/s1. The Kier molecular flexibility index (Phi) is 9.53. The van der Waals surface area contributed by atoms with E-state index in [1.165, 1.54) is 16.7 Å². The molecule has 4 aromatic rings. The number of carbonyl (C=O) groups is 2. The first-order chi connectivity index (χ1) is 21.0. The molecular weight excluding hydrogens is 568 g/mol. The van der Waals surface area contributed by atoms with Crippen molar-refractivity contribution in [3.8, 4) is 34.2 Å². The molecule has 10 nitrogen and oxygen atoms in total. The van der Waals surface area contributed by atoms with E-state index >= 15 is 0 Å². The van der Waals surface area contributed by atoms with Gasteiger partial charge in [0.25, 0.3) is 0 Å². The summed E-state index contributed by atoms with van der Waals surface area (Å²) in [4.78, 5) is 28.6. The van der Waals surface area contributed by atoms with Crippen LogP contribution in [-0.4, -0.2) is 75.5 Å². The van der Waals surface area contributed by atoms with Gasteiger partial charge in [0.1, 0.15) is 29.6 Å². The average molecular weight is 603 g/mol. The van der Waals surface area contributed by atoms with Crippen LogP contribution in [0, 0.1) is 0 Å². The third kappa shape index (κ3) is 6.32. The Bertz CT molecular complexity index is 1570. The van der Waals surface area contributed by atoms with Crippen LogP contribution in [0.4, 0.5) is 5.82 Å². The highest BCUT2D eigenvalue weighted by Crippen LogP contribution is 2.51. The second-order valence-electron chi connectivity index (χ2n) is 9.68. The van der Waals surface area contributed by atoms with Gasteiger partial charge in [0.15, 0.2) is 0 Å². The van der Waals surface area contributed by atoms with E-state index in [4.69, 9.17) is 24.0 Å². The summed E-state index contributed by atoms with van der Waals surface area (Å²) < 4.78 is 23.6. The molecule has 224 valence electrons. The van der Waals surface area contributed by atoms with Crippen LogP contribution in [0.15, 0.2) is 72.8 Å². The third-order valence-electron chi connectivity index (χ3n) is 7.10. The van der Waals surface area contributed by atoms with E-state index in [2.05, 4.69) is 5.32 Å². The van der Waals surface area contributed by atoms with Crippen molar-refractivity contribution in [1.82, 2.24) is 15.1 Å². The summed E-state index contributed by atoms with van der Waals surface area (Å²) in [7, 11) is 6.41. The number of fused-ring (bicyclic) bond motifs is 1. The minimum Gasteiger partial charge on any atom is -0.497 e. The van der Waals surface area contributed by atoms with Crippen LogP contribution in [-0.2, 0) is 14.3 Å². The molecule has 0 fully saturated rings. The van der Waals surface area contributed by atoms with Crippen LogP contribution in [0.3, 0.4) is 0 Å². The number of methoxy groups -OCH3 is 4. The van der Waals surface area contributed by atoms with Gasteiger partial charge in [-0.1, -0.05) is 30.3 Å². The molecule has 2 amide bonds. The fourth-order valence-corrected chi connectivity index (χ4v) is 6.23. The predicted molar refractivity (Wildman–Crippen MR) is 167 cm³/mol. The first-order valence-corrected chi connectivity index (χ1v) is 14.8. The zero-order valence-electron chi connectivity index (χ0n) is 24.5. The fraction of sp³-hybridized carbons (Fsp3) is 0.281. The molecule has 0 spiro atoms. The van der Waals surface area contributed by atoms with Gasteiger partial charge in [0.2, 0.25) is 11.8 Å². The number of benzene rings is 3. The normalized spacial score (nSPS) is 14.6. The molecule has 0 radical (unpaired) electrons. The van der Waals surface area contributed by atoms with Crippen molar-refractivity contribution >= 4 is 29.4 Å². The number of anilines is 1. The summed E-state index contributed by atoms with van der Waals surface area (Å²) in [5, 5.41) is 7.58. The minimum atomic E-state index is -0.382. The molecule has 0 saturated carbocycles. The summed E-state index contributed by atoms with van der Waals surface area (Å²) in [6, 6.07) is 22.9. The molecule has 2 heterocycles. The molecule has 0 unspecified atom stereocenters. The zero-order valence-corrected chi connectivity index (χ0v) is 25.3. The maximum Gasteiger partial charge on any atom is 0.240 e. The van der Waals surface area contributed by atoms with Crippen molar-refractivity contribution in [2.75, 3.05) is 58.8 Å². The highest BCUT2D eigenvalue weighted by atomic mass is 32.2. The molecule has 1 aromatic heterocycles. The number of ether oxygens (including phenoxy) is 4. The van der Waals surface area contributed by atoms with E-state index in [9.17, 15) is 9.59 Å². The van der Waals surface area contributed by atoms with Crippen LogP contribution in [0.25, 0.3) is 16.9 Å². The third-order valence-corrected chi connectivity index (χ3v) is 8.34. The van der Waals surface area contributed by atoms with Crippen molar-refractivity contribution in [1.29, 1.82) is 0 Å². The molecule has 1 aliphatic rings. The molecule has 1 atom stereocenters. The average Bonchev–Trinajstić information content (AvgIpc) is 3.37. The van der Waals surface area contributed by atoms with Gasteiger partial charge >= 0.3 is 0 Å². The number of thioether (sulfide) groups is 1. The predicted octanol–water partition coefficient (Wildman–Crippen LogP) is 4.50. The topological polar surface area (TPSA) is 104 Å². The van der Waals surface area contributed by atoms with Crippen molar-refractivity contribution in [3.05, 3.63) is 83.9 Å². The second-order valence-corrected chi connectivity index (χ2v) is 10.8. The van der Waals surface area contributed by atoms with Crippen LogP contribution >= 0.6 is 11.8 Å². The molecule has 11 heteroatoms. The molecule has 5 rings (SSSR count). The molecule has 0 aliphatic carbocycles. The van der Waals surface area contributed by atoms with Crippen LogP contribution < -0.4 is 24.4 Å². The lowest BCUT2D eigenvalue weighted by atomic mass is 9.98. The molecule has 1 aliphatic heterocycles. The Morgan fingerprint density at radius 1 is 0.953 bits per heavy atom. The van der Waals surface area contributed by atoms with Gasteiger partial charge in [0.05, 0.1) is 50.3 Å². The summed E-state index contributed by atoms with van der Waals surface area (Å²) in [5.74, 6) is 2.11. The smallest absolute Gasteiger partial charge is 0.240 e. The lowest BCUT2D eigenvalue weighted by molar-refractivity contribution is -0.123. The Morgan fingerprint density at radius 2 is 1.67 bits per heavy atom. The van der Waals surface area contributed by atoms with Crippen molar-refractivity contribution in [2.24, 2.45) is 0 Å². The number of aromatic nitrogens is 2. The van der Waals surface area contributed by atoms with E-state index in [0.717, 1.165) is 16.7 Å². The summed E-state index contributed by atoms with van der Waals surface area (Å²) in [6.07, 6.45) is 0. The van der Waals surface area contributed by atoms with E-state index in [1.54, 1.807) is 33.1 Å². The van der Waals surface area contributed by atoms with Gasteiger partial charge in [-0.2, -0.15) is 5.10 Å². The lowest BCUT2D eigenvalue weighted by Gasteiger charge is -2.23. The number of nitrogens with one attached hydrogen (secondary N) is 1. The number of carbonyl (C=O) groups excluding carboxylic acids is 2. The Balaban J connectivity index is 1.78. The lowest BCUT2D eigenvalue weighted by Crippen LogP contribution is -2.43. The number of hydrogen-bond donors (Lipinski definition) is 1. The Hall–Kier alpha value is -4.48. The number of amides is 2. The highest BCUT2D eigenvalue weighted by molar-refractivity contribution is 8.00. The highest BCUT2D eigenvalue weighted by Gasteiger charge is 2.38. The van der Waals surface area contributed by atoms with Gasteiger partial charge in [-0.05, 0) is 42.5 Å².